The number of nitrogens with one attached hydrogen (secondary N) is 1. The third-order valence-corrected chi connectivity index (χ3v) is 5.12. The van der Waals surface area contributed by atoms with Gasteiger partial charge in [0.1, 0.15) is 23.1 Å². The van der Waals surface area contributed by atoms with Gasteiger partial charge in [0.15, 0.2) is 5.13 Å². The molecule has 156 valence electrons. The van der Waals surface area contributed by atoms with Crippen LogP contribution in [0.25, 0.3) is 11.4 Å². The third-order valence-electron chi connectivity index (χ3n) is 4.36. The van der Waals surface area contributed by atoms with Crippen LogP contribution in [0.3, 0.4) is 0 Å². The minimum atomic E-state index is -0.760. The van der Waals surface area contributed by atoms with Gasteiger partial charge in [-0.2, -0.15) is 0 Å². The van der Waals surface area contributed by atoms with Crippen LogP contribution in [0.4, 0.5) is 18.3 Å². The van der Waals surface area contributed by atoms with Gasteiger partial charge in [-0.15, -0.1) is 11.3 Å². The first-order valence-electron chi connectivity index (χ1n) is 8.93. The largest absolute Gasteiger partial charge is 0.311 e. The van der Waals surface area contributed by atoms with E-state index in [0.29, 0.717) is 11.4 Å². The molecule has 6 nitrogen and oxygen atoms in total. The highest BCUT2D eigenvalue weighted by Crippen LogP contribution is 2.23. The van der Waals surface area contributed by atoms with Gasteiger partial charge in [-0.1, -0.05) is 6.07 Å². The molecule has 31 heavy (non-hydrogen) atoms. The second kappa shape index (κ2) is 8.52. The quantitative estimate of drug-likeness (QED) is 0.505. The SMILES string of the molecule is O=C(Nc1nc(-c2ccc(F)cn2)cs1)c1ccn(Cc2c(F)cccc2F)c(=O)c1. The second-order valence-electron chi connectivity index (χ2n) is 6.44. The molecule has 0 fully saturated rings. The first kappa shape index (κ1) is 20.5. The molecule has 4 aromatic rings. The summed E-state index contributed by atoms with van der Waals surface area (Å²) < 4.78 is 41.7. The number of anilines is 1. The maximum absolute atomic E-state index is 13.8. The Kier molecular flexibility index (Phi) is 5.63. The van der Waals surface area contributed by atoms with Crippen LogP contribution in [0, 0.1) is 17.5 Å². The first-order valence-corrected chi connectivity index (χ1v) is 9.81. The van der Waals surface area contributed by atoms with Gasteiger partial charge in [0.25, 0.3) is 11.5 Å². The van der Waals surface area contributed by atoms with Crippen LogP contribution >= 0.6 is 11.3 Å². The lowest BCUT2D eigenvalue weighted by Gasteiger charge is -2.09. The average molecular weight is 442 g/mol. The van der Waals surface area contributed by atoms with Gasteiger partial charge < -0.3 is 4.57 Å². The number of carbonyl (C=O) groups is 1. The van der Waals surface area contributed by atoms with Crippen molar-refractivity contribution in [3.05, 3.63) is 99.2 Å². The number of hydrogen-bond acceptors (Lipinski definition) is 5. The first-order chi connectivity index (χ1) is 14.9. The number of halogens is 3. The van der Waals surface area contributed by atoms with E-state index in [4.69, 9.17) is 0 Å². The fraction of sp³-hybridized carbons (Fsp3) is 0.0476. The zero-order valence-corrected chi connectivity index (χ0v) is 16.5. The van der Waals surface area contributed by atoms with Crippen molar-refractivity contribution in [2.24, 2.45) is 0 Å². The molecule has 0 radical (unpaired) electrons. The minimum absolute atomic E-state index is 0.0620. The molecule has 0 unspecified atom stereocenters. The third kappa shape index (κ3) is 4.53. The van der Waals surface area contributed by atoms with Gasteiger partial charge in [0.2, 0.25) is 0 Å². The number of carbonyl (C=O) groups excluding carboxylic acids is 1. The van der Waals surface area contributed by atoms with Crippen molar-refractivity contribution in [1.29, 1.82) is 0 Å². The van der Waals surface area contributed by atoms with Gasteiger partial charge in [-0.05, 0) is 30.3 Å². The molecule has 3 heterocycles. The second-order valence-corrected chi connectivity index (χ2v) is 7.29. The Morgan fingerprint density at radius 1 is 1.06 bits per heavy atom. The number of aromatic nitrogens is 3. The topological polar surface area (TPSA) is 76.9 Å². The van der Waals surface area contributed by atoms with Gasteiger partial charge in [0, 0.05) is 28.8 Å². The van der Waals surface area contributed by atoms with Crippen LogP contribution in [0.5, 0.6) is 0 Å². The monoisotopic (exact) mass is 442 g/mol. The zero-order chi connectivity index (χ0) is 22.0. The molecule has 1 amide bonds. The number of benzene rings is 1. The summed E-state index contributed by atoms with van der Waals surface area (Å²) in [5, 5.41) is 4.49. The average Bonchev–Trinajstić information content (AvgIpc) is 3.20. The Hall–Kier alpha value is -3.79. The molecule has 0 saturated heterocycles. The fourth-order valence-electron chi connectivity index (χ4n) is 2.78. The van der Waals surface area contributed by atoms with E-state index in [-0.39, 0.29) is 22.8 Å². The van der Waals surface area contributed by atoms with Crippen LogP contribution in [0.15, 0.2) is 65.0 Å². The predicted molar refractivity (Wildman–Crippen MR) is 109 cm³/mol. The molecule has 0 spiro atoms. The van der Waals surface area contributed by atoms with E-state index in [1.165, 1.54) is 30.5 Å². The molecule has 1 N–H and O–H groups in total. The molecule has 0 atom stereocenters. The minimum Gasteiger partial charge on any atom is -0.311 e. The molecule has 3 aromatic heterocycles. The van der Waals surface area contributed by atoms with E-state index in [1.807, 2.05) is 0 Å². The van der Waals surface area contributed by atoms with Gasteiger partial charge in [0.05, 0.1) is 18.4 Å². The number of thiazole rings is 1. The number of pyridine rings is 2. The normalized spacial score (nSPS) is 10.8. The van der Waals surface area contributed by atoms with E-state index >= 15 is 0 Å². The maximum atomic E-state index is 13.8. The van der Waals surface area contributed by atoms with Crippen molar-refractivity contribution in [2.75, 3.05) is 5.32 Å². The summed E-state index contributed by atoms with van der Waals surface area (Å²) >= 11 is 1.14. The van der Waals surface area contributed by atoms with Crippen molar-refractivity contribution in [3.8, 4) is 11.4 Å². The van der Waals surface area contributed by atoms with Crippen molar-refractivity contribution in [2.45, 2.75) is 6.54 Å². The van der Waals surface area contributed by atoms with Crippen LogP contribution in [-0.2, 0) is 6.54 Å². The highest BCUT2D eigenvalue weighted by Gasteiger charge is 2.14. The lowest BCUT2D eigenvalue weighted by Crippen LogP contribution is -2.23. The van der Waals surface area contributed by atoms with Gasteiger partial charge in [-0.3, -0.25) is 19.9 Å². The Morgan fingerprint density at radius 3 is 2.52 bits per heavy atom. The van der Waals surface area contributed by atoms with Crippen molar-refractivity contribution < 1.29 is 18.0 Å². The summed E-state index contributed by atoms with van der Waals surface area (Å²) in [6, 6.07) is 8.61. The molecular weight excluding hydrogens is 429 g/mol. The summed E-state index contributed by atoms with van der Waals surface area (Å²) in [4.78, 5) is 32.9. The molecule has 4 rings (SSSR count). The zero-order valence-electron chi connectivity index (χ0n) is 15.7. The molecule has 0 bridgehead atoms. The van der Waals surface area contributed by atoms with Gasteiger partial charge >= 0.3 is 0 Å². The van der Waals surface area contributed by atoms with Crippen molar-refractivity contribution >= 4 is 22.4 Å². The summed E-state index contributed by atoms with van der Waals surface area (Å²) in [7, 11) is 0. The summed E-state index contributed by atoms with van der Waals surface area (Å²) in [5.74, 6) is -2.57. The molecule has 0 aliphatic carbocycles. The number of hydrogen-bond donors (Lipinski definition) is 1. The Morgan fingerprint density at radius 2 is 1.84 bits per heavy atom. The van der Waals surface area contributed by atoms with E-state index in [9.17, 15) is 22.8 Å². The van der Waals surface area contributed by atoms with Crippen LogP contribution in [0.1, 0.15) is 15.9 Å². The maximum Gasteiger partial charge on any atom is 0.257 e. The molecule has 10 heteroatoms. The number of amides is 1. The predicted octanol–water partition coefficient (Wildman–Crippen LogP) is 4.08. The van der Waals surface area contributed by atoms with Crippen molar-refractivity contribution in [3.63, 3.8) is 0 Å². The van der Waals surface area contributed by atoms with Crippen molar-refractivity contribution in [1.82, 2.24) is 14.5 Å². The molecule has 0 saturated carbocycles. The molecule has 0 aliphatic heterocycles. The Labute approximate surface area is 177 Å². The van der Waals surface area contributed by atoms with Gasteiger partial charge in [-0.25, -0.2) is 18.2 Å². The number of nitrogens with zero attached hydrogens (tertiary/aromatic N) is 3. The lowest BCUT2D eigenvalue weighted by molar-refractivity contribution is 0.102. The van der Waals surface area contributed by atoms with E-state index in [1.54, 1.807) is 5.38 Å². The van der Waals surface area contributed by atoms with E-state index < -0.39 is 28.9 Å². The highest BCUT2D eigenvalue weighted by molar-refractivity contribution is 7.14. The summed E-state index contributed by atoms with van der Waals surface area (Å²) in [5.41, 5.74) is 0.132. The summed E-state index contributed by atoms with van der Waals surface area (Å²) in [6.45, 7) is -0.306. The highest BCUT2D eigenvalue weighted by atomic mass is 32.1. The summed E-state index contributed by atoms with van der Waals surface area (Å²) in [6.07, 6.45) is 2.36. The Balaban J connectivity index is 1.49. The number of rotatable bonds is 5. The van der Waals surface area contributed by atoms with Crippen LogP contribution in [-0.4, -0.2) is 20.4 Å². The smallest absolute Gasteiger partial charge is 0.257 e. The van der Waals surface area contributed by atoms with Crippen LogP contribution < -0.4 is 10.9 Å². The fourth-order valence-corrected chi connectivity index (χ4v) is 3.48. The standard InChI is InChI=1S/C21H13F3N4O2S/c22-13-4-5-17(25-9-13)18-11-31-21(26-18)27-20(30)12-6-7-28(19(29)8-12)10-14-15(23)2-1-3-16(14)24/h1-9,11H,10H2,(H,26,27,30). The Bertz CT molecular complexity index is 1300. The lowest BCUT2D eigenvalue weighted by atomic mass is 10.2. The molecule has 1 aromatic carbocycles. The van der Waals surface area contributed by atoms with E-state index in [2.05, 4.69) is 15.3 Å². The van der Waals surface area contributed by atoms with E-state index in [0.717, 1.165) is 40.3 Å². The molecular formula is C21H13F3N4O2S. The van der Waals surface area contributed by atoms with Crippen LogP contribution in [0.2, 0.25) is 0 Å². The molecule has 0 aliphatic rings.